The van der Waals surface area contributed by atoms with Crippen molar-refractivity contribution < 1.29 is 0 Å². The Bertz CT molecular complexity index is 657. The van der Waals surface area contributed by atoms with Crippen LogP contribution in [0.15, 0.2) is 18.2 Å². The zero-order chi connectivity index (χ0) is 14.8. The molecule has 2 aromatic rings. The fourth-order valence-corrected chi connectivity index (χ4v) is 2.60. The number of nitrogens with zero attached hydrogens (tertiary/aromatic N) is 4. The number of hydrogen-bond acceptors (Lipinski definition) is 6. The maximum Gasteiger partial charge on any atom is 0.247 e. The van der Waals surface area contributed by atoms with Crippen molar-refractivity contribution >= 4 is 35.0 Å². The number of aromatic nitrogens is 3. The summed E-state index contributed by atoms with van der Waals surface area (Å²) in [6, 6.07) is 5.29. The SMILES string of the molecule is Nc1nc(N2CCNCC2)nnc1-c1cccc(Cl)c1Cl. The predicted molar refractivity (Wildman–Crippen MR) is 84.8 cm³/mol. The minimum atomic E-state index is 0.294. The molecule has 0 aliphatic carbocycles. The number of nitrogen functional groups attached to an aromatic ring is 1. The normalized spacial score (nSPS) is 15.2. The lowest BCUT2D eigenvalue weighted by Gasteiger charge is -2.27. The van der Waals surface area contributed by atoms with Gasteiger partial charge in [-0.15, -0.1) is 10.2 Å². The van der Waals surface area contributed by atoms with Gasteiger partial charge in [0, 0.05) is 31.7 Å². The fourth-order valence-electron chi connectivity index (χ4n) is 2.21. The summed E-state index contributed by atoms with van der Waals surface area (Å²) in [5, 5.41) is 12.5. The molecule has 2 heterocycles. The standard InChI is InChI=1S/C13H14Cl2N6/c14-9-3-1-2-8(10(9)15)11-12(16)18-13(20-19-11)21-6-4-17-5-7-21/h1-3,17H,4-7H2,(H2,16,18,20). The molecular weight excluding hydrogens is 311 g/mol. The summed E-state index contributed by atoms with van der Waals surface area (Å²) in [6.07, 6.45) is 0. The Labute approximate surface area is 132 Å². The van der Waals surface area contributed by atoms with Crippen LogP contribution in [-0.2, 0) is 0 Å². The zero-order valence-corrected chi connectivity index (χ0v) is 12.7. The molecule has 1 fully saturated rings. The van der Waals surface area contributed by atoms with Crippen LogP contribution in [0.3, 0.4) is 0 Å². The number of anilines is 2. The van der Waals surface area contributed by atoms with Gasteiger partial charge in [0.05, 0.1) is 10.0 Å². The number of halogens is 2. The Balaban J connectivity index is 1.96. The van der Waals surface area contributed by atoms with Crippen LogP contribution in [0.5, 0.6) is 0 Å². The molecule has 1 aromatic heterocycles. The Morgan fingerprint density at radius 1 is 1.14 bits per heavy atom. The molecule has 0 saturated carbocycles. The van der Waals surface area contributed by atoms with E-state index in [0.29, 0.717) is 33.1 Å². The summed E-state index contributed by atoms with van der Waals surface area (Å²) in [5.74, 6) is 0.832. The molecule has 1 aliphatic rings. The molecule has 8 heteroatoms. The topological polar surface area (TPSA) is 80.0 Å². The van der Waals surface area contributed by atoms with Crippen molar-refractivity contribution in [1.29, 1.82) is 0 Å². The van der Waals surface area contributed by atoms with Gasteiger partial charge in [0.25, 0.3) is 0 Å². The quantitative estimate of drug-likeness (QED) is 0.877. The van der Waals surface area contributed by atoms with Gasteiger partial charge in [-0.25, -0.2) is 0 Å². The molecule has 110 valence electrons. The second-order valence-corrected chi connectivity index (χ2v) is 5.47. The van der Waals surface area contributed by atoms with Crippen molar-refractivity contribution in [2.45, 2.75) is 0 Å². The van der Waals surface area contributed by atoms with E-state index in [-0.39, 0.29) is 0 Å². The van der Waals surface area contributed by atoms with Gasteiger partial charge in [-0.1, -0.05) is 35.3 Å². The maximum atomic E-state index is 6.19. The first-order chi connectivity index (χ1) is 10.2. The Morgan fingerprint density at radius 3 is 2.62 bits per heavy atom. The van der Waals surface area contributed by atoms with E-state index in [2.05, 4.69) is 20.5 Å². The number of benzene rings is 1. The summed E-state index contributed by atoms with van der Waals surface area (Å²) in [6.45, 7) is 3.45. The van der Waals surface area contributed by atoms with Crippen molar-refractivity contribution in [1.82, 2.24) is 20.5 Å². The van der Waals surface area contributed by atoms with Crippen molar-refractivity contribution in [2.75, 3.05) is 36.8 Å². The molecule has 0 amide bonds. The lowest BCUT2D eigenvalue weighted by Crippen LogP contribution is -2.44. The summed E-state index contributed by atoms with van der Waals surface area (Å²) in [5.41, 5.74) is 7.10. The maximum absolute atomic E-state index is 6.19. The average Bonchev–Trinajstić information content (AvgIpc) is 2.51. The second-order valence-electron chi connectivity index (χ2n) is 4.68. The third kappa shape index (κ3) is 2.88. The number of nitrogens with one attached hydrogen (secondary N) is 1. The van der Waals surface area contributed by atoms with Crippen LogP contribution in [0, 0.1) is 0 Å². The van der Waals surface area contributed by atoms with Gasteiger partial charge < -0.3 is 16.0 Å². The van der Waals surface area contributed by atoms with Crippen molar-refractivity contribution in [3.8, 4) is 11.3 Å². The van der Waals surface area contributed by atoms with Crippen LogP contribution in [0.4, 0.5) is 11.8 Å². The molecule has 3 rings (SSSR count). The molecule has 21 heavy (non-hydrogen) atoms. The summed E-state index contributed by atoms with van der Waals surface area (Å²) >= 11 is 12.2. The summed E-state index contributed by atoms with van der Waals surface area (Å²) in [7, 11) is 0. The predicted octanol–water partition coefficient (Wildman–Crippen LogP) is 1.84. The van der Waals surface area contributed by atoms with E-state index in [9.17, 15) is 0 Å². The van der Waals surface area contributed by atoms with Gasteiger partial charge in [-0.05, 0) is 6.07 Å². The summed E-state index contributed by atoms with van der Waals surface area (Å²) < 4.78 is 0. The fraction of sp³-hybridized carbons (Fsp3) is 0.308. The van der Waals surface area contributed by atoms with Gasteiger partial charge in [0.15, 0.2) is 5.82 Å². The third-order valence-electron chi connectivity index (χ3n) is 3.31. The zero-order valence-electron chi connectivity index (χ0n) is 11.2. The van der Waals surface area contributed by atoms with Gasteiger partial charge in [0.2, 0.25) is 5.95 Å². The molecular formula is C13H14Cl2N6. The largest absolute Gasteiger partial charge is 0.382 e. The van der Waals surface area contributed by atoms with Gasteiger partial charge in [-0.2, -0.15) is 4.98 Å². The van der Waals surface area contributed by atoms with Crippen LogP contribution < -0.4 is 16.0 Å². The van der Waals surface area contributed by atoms with Gasteiger partial charge in [-0.3, -0.25) is 0 Å². The molecule has 1 aromatic carbocycles. The molecule has 6 nitrogen and oxygen atoms in total. The Hall–Kier alpha value is -1.63. The Kier molecular flexibility index (Phi) is 4.10. The lowest BCUT2D eigenvalue weighted by atomic mass is 10.1. The van der Waals surface area contributed by atoms with Gasteiger partial charge >= 0.3 is 0 Å². The highest BCUT2D eigenvalue weighted by Crippen LogP contribution is 2.34. The van der Waals surface area contributed by atoms with E-state index in [4.69, 9.17) is 28.9 Å². The number of nitrogens with two attached hydrogens (primary N) is 1. The first-order valence-corrected chi connectivity index (χ1v) is 7.32. The number of hydrogen-bond donors (Lipinski definition) is 2. The molecule has 0 bridgehead atoms. The second kappa shape index (κ2) is 6.01. The molecule has 0 unspecified atom stereocenters. The van der Waals surface area contributed by atoms with Crippen molar-refractivity contribution in [3.63, 3.8) is 0 Å². The van der Waals surface area contributed by atoms with Crippen LogP contribution in [-0.4, -0.2) is 41.4 Å². The highest BCUT2D eigenvalue weighted by Gasteiger charge is 2.18. The van der Waals surface area contributed by atoms with E-state index >= 15 is 0 Å². The molecule has 1 saturated heterocycles. The lowest BCUT2D eigenvalue weighted by molar-refractivity contribution is 0.577. The summed E-state index contributed by atoms with van der Waals surface area (Å²) in [4.78, 5) is 6.39. The minimum absolute atomic E-state index is 0.294. The van der Waals surface area contributed by atoms with E-state index in [0.717, 1.165) is 26.2 Å². The first-order valence-electron chi connectivity index (χ1n) is 6.57. The highest BCUT2D eigenvalue weighted by molar-refractivity contribution is 6.43. The Morgan fingerprint density at radius 2 is 1.90 bits per heavy atom. The van der Waals surface area contributed by atoms with E-state index < -0.39 is 0 Å². The molecule has 0 radical (unpaired) electrons. The van der Waals surface area contributed by atoms with Crippen molar-refractivity contribution in [2.24, 2.45) is 0 Å². The number of piperazine rings is 1. The van der Waals surface area contributed by atoms with Crippen LogP contribution in [0.2, 0.25) is 10.0 Å². The third-order valence-corrected chi connectivity index (χ3v) is 4.13. The monoisotopic (exact) mass is 324 g/mol. The van der Waals surface area contributed by atoms with Crippen LogP contribution in [0.1, 0.15) is 0 Å². The molecule has 0 atom stereocenters. The number of rotatable bonds is 2. The minimum Gasteiger partial charge on any atom is -0.382 e. The molecule has 0 spiro atoms. The first kappa shape index (κ1) is 14.3. The molecule has 1 aliphatic heterocycles. The van der Waals surface area contributed by atoms with Crippen molar-refractivity contribution in [3.05, 3.63) is 28.2 Å². The van der Waals surface area contributed by atoms with Crippen LogP contribution >= 0.6 is 23.2 Å². The average molecular weight is 325 g/mol. The van der Waals surface area contributed by atoms with Gasteiger partial charge in [0.1, 0.15) is 5.69 Å². The highest BCUT2D eigenvalue weighted by atomic mass is 35.5. The smallest absolute Gasteiger partial charge is 0.247 e. The van der Waals surface area contributed by atoms with Crippen LogP contribution in [0.25, 0.3) is 11.3 Å². The molecule has 3 N–H and O–H groups in total. The van der Waals surface area contributed by atoms with E-state index in [1.807, 2.05) is 4.90 Å². The van der Waals surface area contributed by atoms with E-state index in [1.165, 1.54) is 0 Å². The van der Waals surface area contributed by atoms with E-state index in [1.54, 1.807) is 18.2 Å².